The number of anilines is 1. The maximum atomic E-state index is 5.97. The molecule has 1 aromatic rings. The molecule has 0 radical (unpaired) electrons. The van der Waals surface area contributed by atoms with E-state index in [1.807, 2.05) is 23.9 Å². The van der Waals surface area contributed by atoms with Crippen LogP contribution >= 0.6 is 23.4 Å². The summed E-state index contributed by atoms with van der Waals surface area (Å²) in [7, 11) is 0. The van der Waals surface area contributed by atoms with Crippen molar-refractivity contribution in [1.29, 1.82) is 0 Å². The van der Waals surface area contributed by atoms with Crippen LogP contribution in [0.1, 0.15) is 13.3 Å². The molecule has 1 heterocycles. The number of pyridine rings is 1. The van der Waals surface area contributed by atoms with Crippen molar-refractivity contribution in [3.63, 3.8) is 0 Å². The Morgan fingerprint density at radius 3 is 3.07 bits per heavy atom. The smallest absolute Gasteiger partial charge is 0.144 e. The molecule has 1 unspecified atom stereocenters. The van der Waals surface area contributed by atoms with Crippen molar-refractivity contribution in [1.82, 2.24) is 4.98 Å². The summed E-state index contributed by atoms with van der Waals surface area (Å²) in [5.74, 6) is 1.93. The van der Waals surface area contributed by atoms with Crippen molar-refractivity contribution < 1.29 is 0 Å². The lowest BCUT2D eigenvalue weighted by Gasteiger charge is -2.14. The molecule has 0 aliphatic heterocycles. The summed E-state index contributed by atoms with van der Waals surface area (Å²) in [5.41, 5.74) is 0. The molecule has 0 saturated carbocycles. The zero-order valence-electron chi connectivity index (χ0n) is 8.46. The van der Waals surface area contributed by atoms with Gasteiger partial charge in [-0.1, -0.05) is 11.6 Å². The van der Waals surface area contributed by atoms with E-state index in [9.17, 15) is 0 Å². The molecular formula is C10H15ClN2S. The van der Waals surface area contributed by atoms with Crippen molar-refractivity contribution in [3.8, 4) is 0 Å². The van der Waals surface area contributed by atoms with Crippen LogP contribution in [0.3, 0.4) is 0 Å². The predicted molar refractivity (Wildman–Crippen MR) is 65.3 cm³/mol. The van der Waals surface area contributed by atoms with Crippen LogP contribution in [-0.4, -0.2) is 23.0 Å². The number of halogens is 1. The normalized spacial score (nSPS) is 12.5. The lowest BCUT2D eigenvalue weighted by molar-refractivity contribution is 0.767. The maximum Gasteiger partial charge on any atom is 0.144 e. The first-order valence-electron chi connectivity index (χ1n) is 4.60. The number of thioether (sulfide) groups is 1. The second-order valence-corrected chi connectivity index (χ2v) is 4.55. The van der Waals surface area contributed by atoms with Crippen LogP contribution in [-0.2, 0) is 0 Å². The van der Waals surface area contributed by atoms with Gasteiger partial charge in [0.05, 0.1) is 5.02 Å². The van der Waals surface area contributed by atoms with Crippen LogP contribution in [0.25, 0.3) is 0 Å². The van der Waals surface area contributed by atoms with Crippen molar-refractivity contribution >= 4 is 29.2 Å². The highest BCUT2D eigenvalue weighted by Crippen LogP contribution is 2.18. The summed E-state index contributed by atoms with van der Waals surface area (Å²) in [5, 5.41) is 3.97. The van der Waals surface area contributed by atoms with Crippen LogP contribution in [0.15, 0.2) is 18.3 Å². The van der Waals surface area contributed by atoms with Crippen LogP contribution in [0.4, 0.5) is 5.82 Å². The van der Waals surface area contributed by atoms with Crippen LogP contribution in [0, 0.1) is 0 Å². The minimum Gasteiger partial charge on any atom is -0.366 e. The topological polar surface area (TPSA) is 24.9 Å². The van der Waals surface area contributed by atoms with E-state index >= 15 is 0 Å². The molecule has 78 valence electrons. The standard InChI is InChI=1S/C10H15ClN2S/c1-8(5-7-14-2)13-10-9(11)4-3-6-12-10/h3-4,6,8H,5,7H2,1-2H3,(H,12,13). The maximum absolute atomic E-state index is 5.97. The molecule has 14 heavy (non-hydrogen) atoms. The van der Waals surface area contributed by atoms with Crippen molar-refractivity contribution in [2.75, 3.05) is 17.3 Å². The molecule has 2 nitrogen and oxygen atoms in total. The zero-order valence-corrected chi connectivity index (χ0v) is 10.0. The Hall–Kier alpha value is -0.410. The molecule has 0 fully saturated rings. The highest BCUT2D eigenvalue weighted by Gasteiger charge is 2.04. The van der Waals surface area contributed by atoms with E-state index in [1.165, 1.54) is 0 Å². The third-order valence-corrected chi connectivity index (χ3v) is 2.85. The third kappa shape index (κ3) is 3.76. The molecular weight excluding hydrogens is 216 g/mol. The van der Waals surface area contributed by atoms with Gasteiger partial charge in [0.1, 0.15) is 5.82 Å². The Bertz CT molecular complexity index is 281. The van der Waals surface area contributed by atoms with Gasteiger partial charge in [0.25, 0.3) is 0 Å². The fraction of sp³-hybridized carbons (Fsp3) is 0.500. The van der Waals surface area contributed by atoms with E-state index in [-0.39, 0.29) is 0 Å². The zero-order chi connectivity index (χ0) is 10.4. The fourth-order valence-electron chi connectivity index (χ4n) is 1.09. The number of hydrogen-bond donors (Lipinski definition) is 1. The van der Waals surface area contributed by atoms with Gasteiger partial charge in [0, 0.05) is 12.2 Å². The van der Waals surface area contributed by atoms with Gasteiger partial charge in [0.2, 0.25) is 0 Å². The van der Waals surface area contributed by atoms with Crippen LogP contribution in [0.2, 0.25) is 5.02 Å². The largest absolute Gasteiger partial charge is 0.366 e. The molecule has 4 heteroatoms. The number of aromatic nitrogens is 1. The molecule has 1 atom stereocenters. The van der Waals surface area contributed by atoms with E-state index in [1.54, 1.807) is 6.20 Å². The monoisotopic (exact) mass is 230 g/mol. The lowest BCUT2D eigenvalue weighted by Crippen LogP contribution is -2.16. The molecule has 1 aromatic heterocycles. The average molecular weight is 231 g/mol. The second-order valence-electron chi connectivity index (χ2n) is 3.16. The minimum atomic E-state index is 0.412. The first-order valence-corrected chi connectivity index (χ1v) is 6.37. The van der Waals surface area contributed by atoms with E-state index in [0.717, 1.165) is 18.0 Å². The summed E-state index contributed by atoms with van der Waals surface area (Å²) in [6.45, 7) is 2.14. The van der Waals surface area contributed by atoms with Gasteiger partial charge in [0.15, 0.2) is 0 Å². The van der Waals surface area contributed by atoms with Gasteiger partial charge in [-0.2, -0.15) is 11.8 Å². The van der Waals surface area contributed by atoms with Crippen molar-refractivity contribution in [2.24, 2.45) is 0 Å². The van der Waals surface area contributed by atoms with Gasteiger partial charge in [-0.25, -0.2) is 4.98 Å². The fourth-order valence-corrected chi connectivity index (χ4v) is 1.86. The molecule has 1 N–H and O–H groups in total. The summed E-state index contributed by atoms with van der Waals surface area (Å²) >= 11 is 7.82. The second kappa shape index (κ2) is 6.14. The number of rotatable bonds is 5. The number of nitrogens with one attached hydrogen (secondary N) is 1. The molecule has 0 aromatic carbocycles. The SMILES string of the molecule is CSCCC(C)Nc1ncccc1Cl. The average Bonchev–Trinajstić information content (AvgIpc) is 2.18. The summed E-state index contributed by atoms with van der Waals surface area (Å²) in [4.78, 5) is 4.18. The molecule has 0 aliphatic carbocycles. The van der Waals surface area contributed by atoms with Gasteiger partial charge >= 0.3 is 0 Å². The van der Waals surface area contributed by atoms with Crippen molar-refractivity contribution in [2.45, 2.75) is 19.4 Å². The molecule has 0 spiro atoms. The molecule has 1 rings (SSSR count). The highest BCUT2D eigenvalue weighted by atomic mass is 35.5. The Morgan fingerprint density at radius 1 is 1.64 bits per heavy atom. The van der Waals surface area contributed by atoms with Crippen LogP contribution in [0.5, 0.6) is 0 Å². The summed E-state index contributed by atoms with van der Waals surface area (Å²) in [6.07, 6.45) is 4.98. The van der Waals surface area contributed by atoms with Gasteiger partial charge in [-0.15, -0.1) is 0 Å². The predicted octanol–water partition coefficient (Wildman–Crippen LogP) is 3.29. The van der Waals surface area contributed by atoms with E-state index in [2.05, 4.69) is 23.5 Å². The van der Waals surface area contributed by atoms with Crippen molar-refractivity contribution in [3.05, 3.63) is 23.4 Å². The van der Waals surface area contributed by atoms with Gasteiger partial charge in [-0.05, 0) is 37.5 Å². The Balaban J connectivity index is 2.47. The number of nitrogens with zero attached hydrogens (tertiary/aromatic N) is 1. The third-order valence-electron chi connectivity index (χ3n) is 1.90. The first-order chi connectivity index (χ1) is 6.74. The lowest BCUT2D eigenvalue weighted by atomic mass is 10.2. The van der Waals surface area contributed by atoms with Gasteiger partial charge < -0.3 is 5.32 Å². The number of hydrogen-bond acceptors (Lipinski definition) is 3. The van der Waals surface area contributed by atoms with E-state index in [0.29, 0.717) is 11.1 Å². The highest BCUT2D eigenvalue weighted by molar-refractivity contribution is 7.98. The Kier molecular flexibility index (Phi) is 5.12. The van der Waals surface area contributed by atoms with Gasteiger partial charge in [-0.3, -0.25) is 0 Å². The minimum absolute atomic E-state index is 0.412. The summed E-state index contributed by atoms with van der Waals surface area (Å²) in [6, 6.07) is 4.09. The molecule has 0 amide bonds. The Morgan fingerprint density at radius 2 is 2.43 bits per heavy atom. The molecule has 0 bridgehead atoms. The van der Waals surface area contributed by atoms with E-state index < -0.39 is 0 Å². The molecule has 0 saturated heterocycles. The summed E-state index contributed by atoms with van der Waals surface area (Å²) < 4.78 is 0. The quantitative estimate of drug-likeness (QED) is 0.841. The molecule has 0 aliphatic rings. The van der Waals surface area contributed by atoms with E-state index in [4.69, 9.17) is 11.6 Å². The first kappa shape index (κ1) is 11.7. The van der Waals surface area contributed by atoms with Crippen LogP contribution < -0.4 is 5.32 Å². The Labute approximate surface area is 94.5 Å².